The Balaban J connectivity index is 2.36. The molecule has 0 aliphatic carbocycles. The molecule has 0 bridgehead atoms. The average Bonchev–Trinajstić information content (AvgIpc) is 2.43. The summed E-state index contributed by atoms with van der Waals surface area (Å²) in [5, 5.41) is 21.7. The quantitative estimate of drug-likeness (QED) is 0.781. The smallest absolute Gasteiger partial charge is 0.337 e. The molecule has 1 aromatic heterocycles. The lowest BCUT2D eigenvalue weighted by Crippen LogP contribution is -2.27. The molecule has 3 N–H and O–H groups in total. The van der Waals surface area contributed by atoms with Crippen molar-refractivity contribution < 1.29 is 23.8 Å². The van der Waals surface area contributed by atoms with E-state index in [-0.39, 0.29) is 17.9 Å². The number of alkyl halides is 2. The first-order chi connectivity index (χ1) is 9.50. The second-order valence-electron chi connectivity index (χ2n) is 4.15. The molecule has 7 heteroatoms. The van der Waals surface area contributed by atoms with Crippen LogP contribution >= 0.6 is 0 Å². The van der Waals surface area contributed by atoms with Crippen molar-refractivity contribution in [3.05, 3.63) is 36.0 Å². The number of hydrogen-bond donors (Lipinski definition) is 3. The summed E-state index contributed by atoms with van der Waals surface area (Å²) in [6.07, 6.45) is -3.51. The lowest BCUT2D eigenvalue weighted by atomic mass is 10.1. The number of fused-ring (bicyclic) bond motifs is 1. The van der Waals surface area contributed by atoms with Gasteiger partial charge in [0.05, 0.1) is 5.56 Å². The lowest BCUT2D eigenvalue weighted by Gasteiger charge is -2.13. The molecule has 20 heavy (non-hydrogen) atoms. The van der Waals surface area contributed by atoms with Crippen LogP contribution in [0.1, 0.15) is 10.4 Å². The van der Waals surface area contributed by atoms with Crippen LogP contribution in [0.2, 0.25) is 0 Å². The zero-order valence-electron chi connectivity index (χ0n) is 10.3. The Morgan fingerprint density at radius 3 is 2.55 bits per heavy atom. The minimum absolute atomic E-state index is 0.0283. The van der Waals surface area contributed by atoms with E-state index in [4.69, 9.17) is 10.2 Å². The highest BCUT2D eigenvalue weighted by atomic mass is 19.3. The fourth-order valence-corrected chi connectivity index (χ4v) is 1.79. The molecule has 5 nitrogen and oxygen atoms in total. The normalized spacial score (nSPS) is 12.6. The van der Waals surface area contributed by atoms with Gasteiger partial charge in [-0.15, -0.1) is 0 Å². The van der Waals surface area contributed by atoms with Gasteiger partial charge in [-0.25, -0.2) is 18.6 Å². The summed E-state index contributed by atoms with van der Waals surface area (Å²) in [6.45, 7) is -0.374. The van der Waals surface area contributed by atoms with E-state index >= 15 is 0 Å². The average molecular weight is 282 g/mol. The van der Waals surface area contributed by atoms with Gasteiger partial charge < -0.3 is 15.5 Å². The number of carboxylic acids is 1. The third-order valence-corrected chi connectivity index (χ3v) is 2.80. The van der Waals surface area contributed by atoms with Crippen molar-refractivity contribution in [2.24, 2.45) is 0 Å². The summed E-state index contributed by atoms with van der Waals surface area (Å²) in [6, 6.07) is 6.60. The van der Waals surface area contributed by atoms with E-state index < -0.39 is 18.5 Å². The van der Waals surface area contributed by atoms with Gasteiger partial charge in [0, 0.05) is 23.5 Å². The first-order valence-electron chi connectivity index (χ1n) is 5.82. The van der Waals surface area contributed by atoms with Crippen molar-refractivity contribution in [2.45, 2.75) is 12.5 Å². The van der Waals surface area contributed by atoms with Gasteiger partial charge >= 0.3 is 5.97 Å². The van der Waals surface area contributed by atoms with Crippen LogP contribution in [0.4, 0.5) is 14.6 Å². The van der Waals surface area contributed by atoms with Gasteiger partial charge in [-0.3, -0.25) is 0 Å². The number of aromatic carboxylic acids is 1. The summed E-state index contributed by atoms with van der Waals surface area (Å²) in [5.41, 5.74) is 0.0283. The summed E-state index contributed by atoms with van der Waals surface area (Å²) in [5.74, 6) is -0.863. The Kier molecular flexibility index (Phi) is 4.09. The molecular formula is C13H12F2N2O3. The molecule has 106 valence electrons. The number of rotatable bonds is 5. The molecule has 1 unspecified atom stereocenters. The number of aromatic nitrogens is 1. The van der Waals surface area contributed by atoms with E-state index in [1.165, 1.54) is 0 Å². The van der Waals surface area contributed by atoms with Gasteiger partial charge in [0.15, 0.2) is 0 Å². The molecule has 0 aliphatic heterocycles. The summed E-state index contributed by atoms with van der Waals surface area (Å²) in [4.78, 5) is 15.0. The van der Waals surface area contributed by atoms with Crippen LogP contribution in [-0.2, 0) is 0 Å². The predicted molar refractivity (Wildman–Crippen MR) is 69.2 cm³/mol. The van der Waals surface area contributed by atoms with E-state index in [9.17, 15) is 13.6 Å². The van der Waals surface area contributed by atoms with Crippen molar-refractivity contribution >= 4 is 22.6 Å². The van der Waals surface area contributed by atoms with Crippen LogP contribution < -0.4 is 5.32 Å². The minimum atomic E-state index is -2.85. The molecular weight excluding hydrogens is 270 g/mol. The first-order valence-corrected chi connectivity index (χ1v) is 5.82. The third kappa shape index (κ3) is 2.83. The fraction of sp³-hybridized carbons (Fsp3) is 0.231. The highest BCUT2D eigenvalue weighted by molar-refractivity contribution is 6.06. The second kappa shape index (κ2) is 5.79. The zero-order valence-corrected chi connectivity index (χ0v) is 10.3. The molecule has 0 spiro atoms. The van der Waals surface area contributed by atoms with Gasteiger partial charge in [-0.1, -0.05) is 24.3 Å². The van der Waals surface area contributed by atoms with Gasteiger partial charge in [0.1, 0.15) is 11.9 Å². The lowest BCUT2D eigenvalue weighted by molar-refractivity contribution is 0.00382. The number of carbonyl (C=O) groups is 1. The number of aliphatic hydroxyl groups is 1. The molecule has 2 rings (SSSR count). The number of benzene rings is 1. The first kappa shape index (κ1) is 14.1. The number of nitrogens with one attached hydrogen (secondary N) is 1. The topological polar surface area (TPSA) is 82.5 Å². The molecule has 0 saturated carbocycles. The van der Waals surface area contributed by atoms with E-state index in [0.717, 1.165) is 6.20 Å². The number of hydrogen-bond acceptors (Lipinski definition) is 4. The Bertz CT molecular complexity index is 634. The van der Waals surface area contributed by atoms with Gasteiger partial charge in [0.25, 0.3) is 6.43 Å². The Labute approximate surface area is 112 Å². The number of nitrogens with zero attached hydrogens (tertiary/aromatic N) is 1. The van der Waals surface area contributed by atoms with Crippen molar-refractivity contribution in [3.8, 4) is 0 Å². The van der Waals surface area contributed by atoms with Crippen LogP contribution in [0.3, 0.4) is 0 Å². The second-order valence-corrected chi connectivity index (χ2v) is 4.15. The molecule has 0 amide bonds. The van der Waals surface area contributed by atoms with E-state index in [1.54, 1.807) is 24.3 Å². The van der Waals surface area contributed by atoms with Crippen LogP contribution in [0, 0.1) is 0 Å². The number of pyridine rings is 1. The molecule has 0 saturated heterocycles. The Morgan fingerprint density at radius 2 is 1.95 bits per heavy atom. The molecule has 2 aromatic rings. The number of anilines is 1. The summed E-state index contributed by atoms with van der Waals surface area (Å²) < 4.78 is 24.5. The van der Waals surface area contributed by atoms with Crippen molar-refractivity contribution in [1.29, 1.82) is 0 Å². The standard InChI is InChI=1S/C13H12F2N2O3/c14-11(15)10(18)6-17-12-8-4-2-1-3-7(8)9(5-16-12)13(19)20/h1-5,10-11,18H,6H2,(H,16,17)(H,19,20). The van der Waals surface area contributed by atoms with Crippen molar-refractivity contribution in [1.82, 2.24) is 4.98 Å². The van der Waals surface area contributed by atoms with Crippen molar-refractivity contribution in [2.75, 3.05) is 11.9 Å². The molecule has 1 aromatic carbocycles. The highest BCUT2D eigenvalue weighted by Crippen LogP contribution is 2.24. The molecule has 0 radical (unpaired) electrons. The number of aliphatic hydroxyl groups excluding tert-OH is 1. The van der Waals surface area contributed by atoms with Gasteiger partial charge in [-0.2, -0.15) is 0 Å². The molecule has 0 fully saturated rings. The zero-order chi connectivity index (χ0) is 14.7. The summed E-state index contributed by atoms with van der Waals surface area (Å²) >= 11 is 0. The number of halogens is 2. The van der Waals surface area contributed by atoms with E-state index in [2.05, 4.69) is 10.3 Å². The van der Waals surface area contributed by atoms with Crippen LogP contribution in [0.5, 0.6) is 0 Å². The van der Waals surface area contributed by atoms with Crippen molar-refractivity contribution in [3.63, 3.8) is 0 Å². The highest BCUT2D eigenvalue weighted by Gasteiger charge is 2.18. The third-order valence-electron chi connectivity index (χ3n) is 2.80. The van der Waals surface area contributed by atoms with Crippen LogP contribution in [0.25, 0.3) is 10.8 Å². The largest absolute Gasteiger partial charge is 0.478 e. The molecule has 0 aliphatic rings. The maximum absolute atomic E-state index is 12.2. The maximum atomic E-state index is 12.2. The number of carboxylic acid groups (broad SMARTS) is 1. The van der Waals surface area contributed by atoms with Crippen LogP contribution in [-0.4, -0.2) is 40.2 Å². The Morgan fingerprint density at radius 1 is 1.30 bits per heavy atom. The predicted octanol–water partition coefficient (Wildman–Crippen LogP) is 1.97. The summed E-state index contributed by atoms with van der Waals surface area (Å²) in [7, 11) is 0. The Hall–Kier alpha value is -2.28. The fourth-order valence-electron chi connectivity index (χ4n) is 1.79. The minimum Gasteiger partial charge on any atom is -0.478 e. The monoisotopic (exact) mass is 282 g/mol. The van der Waals surface area contributed by atoms with Crippen LogP contribution in [0.15, 0.2) is 30.5 Å². The molecule has 1 atom stereocenters. The van der Waals surface area contributed by atoms with E-state index in [0.29, 0.717) is 10.8 Å². The van der Waals surface area contributed by atoms with E-state index in [1.807, 2.05) is 0 Å². The van der Waals surface area contributed by atoms with Gasteiger partial charge in [0.2, 0.25) is 0 Å². The van der Waals surface area contributed by atoms with Gasteiger partial charge in [-0.05, 0) is 0 Å². The SMILES string of the molecule is O=C(O)c1cnc(NCC(O)C(F)F)c2ccccc12. The molecule has 1 heterocycles. The maximum Gasteiger partial charge on any atom is 0.337 e.